The van der Waals surface area contributed by atoms with Crippen LogP contribution in [0.1, 0.15) is 52.7 Å². The molecule has 27 heavy (non-hydrogen) atoms. The lowest BCUT2D eigenvalue weighted by Crippen LogP contribution is -2.10. The summed E-state index contributed by atoms with van der Waals surface area (Å²) in [5.41, 5.74) is 6.60. The average molecular weight is 379 g/mol. The van der Waals surface area contributed by atoms with Crippen LogP contribution in [0.4, 0.5) is 0 Å². The molecule has 1 aromatic heterocycles. The van der Waals surface area contributed by atoms with Crippen LogP contribution in [0.3, 0.4) is 0 Å². The van der Waals surface area contributed by atoms with E-state index in [1.54, 1.807) is 0 Å². The van der Waals surface area contributed by atoms with Gasteiger partial charge in [0.15, 0.2) is 0 Å². The highest BCUT2D eigenvalue weighted by molar-refractivity contribution is 6.28. The van der Waals surface area contributed by atoms with Crippen molar-refractivity contribution in [1.82, 2.24) is 9.97 Å². The molecule has 0 aliphatic rings. The number of rotatable bonds is 2. The highest BCUT2D eigenvalue weighted by Gasteiger charge is 2.15. The number of hydrogen-bond donors (Lipinski definition) is 0. The van der Waals surface area contributed by atoms with Gasteiger partial charge in [0.25, 0.3) is 0 Å². The first-order valence-corrected chi connectivity index (χ1v) is 9.68. The lowest BCUT2D eigenvalue weighted by atomic mass is 9.86. The van der Waals surface area contributed by atoms with Crippen molar-refractivity contribution < 1.29 is 0 Å². The number of hydrogen-bond acceptors (Lipinski definition) is 2. The van der Waals surface area contributed by atoms with Crippen LogP contribution in [0.5, 0.6) is 0 Å². The molecule has 0 fully saturated rings. The van der Waals surface area contributed by atoms with Gasteiger partial charge in [0.2, 0.25) is 5.28 Å². The van der Waals surface area contributed by atoms with E-state index in [-0.39, 0.29) is 16.1 Å². The Morgan fingerprint density at radius 2 is 0.926 bits per heavy atom. The van der Waals surface area contributed by atoms with Crippen LogP contribution < -0.4 is 0 Å². The van der Waals surface area contributed by atoms with Crippen molar-refractivity contribution in [3.63, 3.8) is 0 Å². The van der Waals surface area contributed by atoms with E-state index in [1.807, 2.05) is 6.07 Å². The first kappa shape index (κ1) is 19.6. The quantitative estimate of drug-likeness (QED) is 0.446. The molecule has 0 amide bonds. The van der Waals surface area contributed by atoms with Crippen LogP contribution in [0.2, 0.25) is 5.28 Å². The summed E-state index contributed by atoms with van der Waals surface area (Å²) in [6.45, 7) is 13.3. The summed E-state index contributed by atoms with van der Waals surface area (Å²) < 4.78 is 0. The summed E-state index contributed by atoms with van der Waals surface area (Å²) in [6, 6.07) is 19.0. The molecule has 2 nitrogen and oxygen atoms in total. The van der Waals surface area contributed by atoms with E-state index in [9.17, 15) is 0 Å². The summed E-state index contributed by atoms with van der Waals surface area (Å²) in [5.74, 6) is 0. The molecule has 3 rings (SSSR count). The van der Waals surface area contributed by atoms with Gasteiger partial charge in [0.05, 0.1) is 11.4 Å². The van der Waals surface area contributed by atoms with Gasteiger partial charge in [0, 0.05) is 11.1 Å². The third-order valence-electron chi connectivity index (χ3n) is 4.79. The first-order chi connectivity index (χ1) is 12.5. The minimum atomic E-state index is 0.127. The van der Waals surface area contributed by atoms with Crippen molar-refractivity contribution >= 4 is 11.6 Å². The van der Waals surface area contributed by atoms with Crippen molar-refractivity contribution in [2.45, 2.75) is 52.4 Å². The van der Waals surface area contributed by atoms with Crippen LogP contribution in [0, 0.1) is 0 Å². The van der Waals surface area contributed by atoms with E-state index in [0.717, 1.165) is 22.5 Å². The number of benzene rings is 2. The smallest absolute Gasteiger partial charge is 0.218 e. The van der Waals surface area contributed by atoms with Crippen LogP contribution in [0.25, 0.3) is 22.5 Å². The third-order valence-corrected chi connectivity index (χ3v) is 4.96. The molecule has 0 spiro atoms. The molecule has 140 valence electrons. The second-order valence-electron chi connectivity index (χ2n) is 9.06. The van der Waals surface area contributed by atoms with E-state index in [1.165, 1.54) is 11.1 Å². The molecule has 0 unspecified atom stereocenters. The van der Waals surface area contributed by atoms with Crippen molar-refractivity contribution in [3.8, 4) is 22.5 Å². The Morgan fingerprint density at radius 3 is 1.22 bits per heavy atom. The fourth-order valence-corrected chi connectivity index (χ4v) is 3.18. The molecule has 2 aromatic carbocycles. The van der Waals surface area contributed by atoms with Gasteiger partial charge in [-0.25, -0.2) is 9.97 Å². The van der Waals surface area contributed by atoms with E-state index in [0.29, 0.717) is 0 Å². The molecule has 0 atom stereocenters. The van der Waals surface area contributed by atoms with Gasteiger partial charge in [-0.1, -0.05) is 90.1 Å². The molecule has 3 aromatic rings. The minimum absolute atomic E-state index is 0.127. The topological polar surface area (TPSA) is 25.8 Å². The van der Waals surface area contributed by atoms with E-state index in [2.05, 4.69) is 100 Å². The third kappa shape index (κ3) is 4.56. The van der Waals surface area contributed by atoms with Crippen LogP contribution in [-0.4, -0.2) is 9.97 Å². The maximum atomic E-state index is 6.24. The second-order valence-corrected chi connectivity index (χ2v) is 9.40. The Morgan fingerprint density at radius 1 is 0.593 bits per heavy atom. The lowest BCUT2D eigenvalue weighted by molar-refractivity contribution is 0.590. The van der Waals surface area contributed by atoms with Gasteiger partial charge >= 0.3 is 0 Å². The van der Waals surface area contributed by atoms with Gasteiger partial charge in [0.1, 0.15) is 0 Å². The summed E-state index contributed by atoms with van der Waals surface area (Å²) in [7, 11) is 0. The van der Waals surface area contributed by atoms with E-state index >= 15 is 0 Å². The van der Waals surface area contributed by atoms with Gasteiger partial charge < -0.3 is 0 Å². The molecule has 0 aliphatic heterocycles. The zero-order valence-electron chi connectivity index (χ0n) is 17.0. The maximum absolute atomic E-state index is 6.24. The fraction of sp³-hybridized carbons (Fsp3) is 0.333. The number of halogens is 1. The molecule has 0 bridgehead atoms. The Bertz CT molecular complexity index is 852. The second kappa shape index (κ2) is 7.09. The van der Waals surface area contributed by atoms with E-state index in [4.69, 9.17) is 11.6 Å². The normalized spacial score (nSPS) is 12.3. The number of nitrogens with zero attached hydrogens (tertiary/aromatic N) is 2. The van der Waals surface area contributed by atoms with Gasteiger partial charge in [-0.3, -0.25) is 0 Å². The molecule has 0 radical (unpaired) electrons. The Balaban J connectivity index is 1.97. The molecule has 0 saturated heterocycles. The van der Waals surface area contributed by atoms with Gasteiger partial charge in [-0.15, -0.1) is 0 Å². The maximum Gasteiger partial charge on any atom is 0.223 e. The molecule has 0 aliphatic carbocycles. The molecular formula is C24H27ClN2. The minimum Gasteiger partial charge on any atom is -0.218 e. The molecular weight excluding hydrogens is 352 g/mol. The van der Waals surface area contributed by atoms with Gasteiger partial charge in [-0.2, -0.15) is 0 Å². The molecule has 0 N–H and O–H groups in total. The standard InChI is InChI=1S/C24H27ClN2/c1-23(2,3)18-11-7-16(8-12-18)20-15-21(27-22(25)26-20)17-9-13-19(14-10-17)24(4,5)6/h7-15H,1-6H3. The van der Waals surface area contributed by atoms with Crippen LogP contribution in [0.15, 0.2) is 54.6 Å². The van der Waals surface area contributed by atoms with E-state index < -0.39 is 0 Å². The average Bonchev–Trinajstić information content (AvgIpc) is 2.60. The summed E-state index contributed by atoms with van der Waals surface area (Å²) in [5, 5.41) is 0.266. The van der Waals surface area contributed by atoms with Crippen LogP contribution >= 0.6 is 11.6 Å². The predicted molar refractivity (Wildman–Crippen MR) is 115 cm³/mol. The molecule has 0 saturated carbocycles. The zero-order chi connectivity index (χ0) is 19.8. The molecule has 1 heterocycles. The molecule has 3 heteroatoms. The van der Waals surface area contributed by atoms with Crippen molar-refractivity contribution in [2.75, 3.05) is 0 Å². The fourth-order valence-electron chi connectivity index (χ4n) is 3.00. The largest absolute Gasteiger partial charge is 0.223 e. The predicted octanol–water partition coefficient (Wildman–Crippen LogP) is 7.06. The SMILES string of the molecule is CC(C)(C)c1ccc(-c2cc(-c3ccc(C(C)(C)C)cc3)nc(Cl)n2)cc1. The highest BCUT2D eigenvalue weighted by atomic mass is 35.5. The first-order valence-electron chi connectivity index (χ1n) is 9.30. The summed E-state index contributed by atoms with van der Waals surface area (Å²) in [4.78, 5) is 8.87. The Labute approximate surface area is 167 Å². The Hall–Kier alpha value is -2.19. The summed E-state index contributed by atoms with van der Waals surface area (Å²) in [6.07, 6.45) is 0. The monoisotopic (exact) mass is 378 g/mol. The van der Waals surface area contributed by atoms with Crippen LogP contribution in [-0.2, 0) is 10.8 Å². The van der Waals surface area contributed by atoms with Crippen molar-refractivity contribution in [2.24, 2.45) is 0 Å². The summed E-state index contributed by atoms with van der Waals surface area (Å²) >= 11 is 6.24. The zero-order valence-corrected chi connectivity index (χ0v) is 17.7. The van der Waals surface area contributed by atoms with Gasteiger partial charge in [-0.05, 0) is 39.6 Å². The Kier molecular flexibility index (Phi) is 5.14. The lowest BCUT2D eigenvalue weighted by Gasteiger charge is -2.19. The van der Waals surface area contributed by atoms with Crippen molar-refractivity contribution in [3.05, 3.63) is 71.0 Å². The number of aromatic nitrogens is 2. The highest BCUT2D eigenvalue weighted by Crippen LogP contribution is 2.29. The van der Waals surface area contributed by atoms with Crippen molar-refractivity contribution in [1.29, 1.82) is 0 Å².